The van der Waals surface area contributed by atoms with E-state index in [1.807, 2.05) is 6.92 Å². The number of aromatic nitrogens is 1. The third-order valence-corrected chi connectivity index (χ3v) is 3.68. The summed E-state index contributed by atoms with van der Waals surface area (Å²) in [6.45, 7) is 1.90. The Morgan fingerprint density at radius 2 is 1.94 bits per heavy atom. The van der Waals surface area contributed by atoms with Crippen molar-refractivity contribution in [1.82, 2.24) is 4.57 Å². The number of aryl methyl sites for hydroxylation is 1. The molecule has 0 N–H and O–H groups in total. The fourth-order valence-electron chi connectivity index (χ4n) is 2.59. The number of pyridine rings is 1. The van der Waals surface area contributed by atoms with Crippen molar-refractivity contribution in [2.45, 2.75) is 45.1 Å². The molecule has 1 fully saturated rings. The fourth-order valence-corrected chi connectivity index (χ4v) is 2.73. The molecule has 1 heterocycles. The quantitative estimate of drug-likeness (QED) is 0.760. The van der Waals surface area contributed by atoms with E-state index in [1.165, 1.54) is 12.5 Å². The number of halogens is 1. The first-order valence-electron chi connectivity index (χ1n) is 6.03. The highest BCUT2D eigenvalue weighted by Gasteiger charge is 2.20. The first kappa shape index (κ1) is 12.4. The summed E-state index contributed by atoms with van der Waals surface area (Å²) >= 11 is 5.42. The second kappa shape index (κ2) is 5.05. The molecule has 0 saturated heterocycles. The fraction of sp³-hybridized carbons (Fsp3) is 0.538. The minimum atomic E-state index is -0.667. The number of hydrogen-bond donors (Lipinski definition) is 0. The van der Waals surface area contributed by atoms with Gasteiger partial charge in [0.25, 0.3) is 10.8 Å². The minimum absolute atomic E-state index is 0.0860. The smallest absolute Gasteiger partial charge is 0.263 e. The molecule has 1 aromatic heterocycles. The lowest BCUT2D eigenvalue weighted by molar-refractivity contribution is 0.107. The summed E-state index contributed by atoms with van der Waals surface area (Å²) in [4.78, 5) is 23.4. The second-order valence-corrected chi connectivity index (χ2v) is 4.97. The van der Waals surface area contributed by atoms with Gasteiger partial charge in [0, 0.05) is 11.7 Å². The van der Waals surface area contributed by atoms with Gasteiger partial charge in [0.05, 0.1) is 5.56 Å². The van der Waals surface area contributed by atoms with Crippen LogP contribution >= 0.6 is 11.6 Å². The van der Waals surface area contributed by atoms with E-state index in [1.54, 1.807) is 10.6 Å². The van der Waals surface area contributed by atoms with Crippen LogP contribution in [0.15, 0.2) is 16.9 Å². The van der Waals surface area contributed by atoms with Crippen LogP contribution in [-0.4, -0.2) is 9.81 Å². The molecule has 0 unspecified atom stereocenters. The summed E-state index contributed by atoms with van der Waals surface area (Å²) < 4.78 is 1.74. The molecule has 1 saturated carbocycles. The SMILES string of the molecule is Cc1ccc(C(=O)Cl)c(=O)n1C1CCCCC1. The minimum Gasteiger partial charge on any atom is -0.309 e. The Hall–Kier alpha value is -1.09. The molecule has 0 radical (unpaired) electrons. The van der Waals surface area contributed by atoms with Crippen molar-refractivity contribution in [1.29, 1.82) is 0 Å². The number of nitrogens with zero attached hydrogens (tertiary/aromatic N) is 1. The Labute approximate surface area is 105 Å². The molecule has 0 amide bonds. The topological polar surface area (TPSA) is 39.1 Å². The maximum absolute atomic E-state index is 12.2. The zero-order valence-electron chi connectivity index (χ0n) is 9.91. The maximum atomic E-state index is 12.2. The van der Waals surface area contributed by atoms with Crippen molar-refractivity contribution in [2.75, 3.05) is 0 Å². The molecule has 0 atom stereocenters. The van der Waals surface area contributed by atoms with Gasteiger partial charge in [-0.1, -0.05) is 19.3 Å². The average Bonchev–Trinajstić information content (AvgIpc) is 2.30. The van der Waals surface area contributed by atoms with Crippen molar-refractivity contribution in [3.63, 3.8) is 0 Å². The Morgan fingerprint density at radius 1 is 1.29 bits per heavy atom. The Kier molecular flexibility index (Phi) is 3.67. The van der Waals surface area contributed by atoms with Gasteiger partial charge in [0.2, 0.25) is 0 Å². The lowest BCUT2D eigenvalue weighted by Gasteiger charge is -2.26. The molecule has 0 bridgehead atoms. The summed E-state index contributed by atoms with van der Waals surface area (Å²) in [6, 6.07) is 3.55. The van der Waals surface area contributed by atoms with E-state index in [-0.39, 0.29) is 17.2 Å². The summed E-state index contributed by atoms with van der Waals surface area (Å²) in [5.41, 5.74) is 0.753. The molecule has 2 rings (SSSR count). The number of rotatable bonds is 2. The lowest BCUT2D eigenvalue weighted by Crippen LogP contribution is -2.31. The second-order valence-electron chi connectivity index (χ2n) is 4.63. The average molecular weight is 254 g/mol. The van der Waals surface area contributed by atoms with E-state index in [9.17, 15) is 9.59 Å². The molecule has 1 aromatic rings. The van der Waals surface area contributed by atoms with Crippen LogP contribution in [0.5, 0.6) is 0 Å². The van der Waals surface area contributed by atoms with Crippen LogP contribution in [-0.2, 0) is 0 Å². The Balaban J connectivity index is 2.47. The highest BCUT2D eigenvalue weighted by atomic mass is 35.5. The molecule has 0 spiro atoms. The maximum Gasteiger partial charge on any atom is 0.263 e. The highest BCUT2D eigenvalue weighted by molar-refractivity contribution is 6.67. The molecular weight excluding hydrogens is 238 g/mol. The highest BCUT2D eigenvalue weighted by Crippen LogP contribution is 2.27. The van der Waals surface area contributed by atoms with Gasteiger partial charge in [-0.05, 0) is 43.5 Å². The van der Waals surface area contributed by atoms with E-state index >= 15 is 0 Å². The van der Waals surface area contributed by atoms with Gasteiger partial charge < -0.3 is 4.57 Å². The van der Waals surface area contributed by atoms with Crippen LogP contribution in [0.4, 0.5) is 0 Å². The summed E-state index contributed by atoms with van der Waals surface area (Å²) in [7, 11) is 0. The van der Waals surface area contributed by atoms with E-state index in [4.69, 9.17) is 11.6 Å². The zero-order valence-corrected chi connectivity index (χ0v) is 10.7. The number of carbonyl (C=O) groups is 1. The van der Waals surface area contributed by atoms with Crippen LogP contribution in [0.3, 0.4) is 0 Å². The zero-order chi connectivity index (χ0) is 12.4. The van der Waals surface area contributed by atoms with Crippen molar-refractivity contribution in [3.05, 3.63) is 33.7 Å². The molecule has 3 nitrogen and oxygen atoms in total. The number of hydrogen-bond acceptors (Lipinski definition) is 2. The van der Waals surface area contributed by atoms with E-state index < -0.39 is 5.24 Å². The van der Waals surface area contributed by atoms with Gasteiger partial charge in [-0.15, -0.1) is 0 Å². The Bertz CT molecular complexity index is 487. The molecule has 0 aromatic carbocycles. The van der Waals surface area contributed by atoms with Gasteiger partial charge in [-0.3, -0.25) is 9.59 Å². The van der Waals surface area contributed by atoms with E-state index in [0.717, 1.165) is 31.4 Å². The molecule has 0 aliphatic heterocycles. The summed E-state index contributed by atoms with van der Waals surface area (Å²) in [5, 5.41) is -0.667. The predicted molar refractivity (Wildman–Crippen MR) is 67.7 cm³/mol. The standard InChI is InChI=1S/C13H16ClNO2/c1-9-7-8-11(12(14)16)13(17)15(9)10-5-3-2-4-6-10/h7-8,10H,2-6H2,1H3. The van der Waals surface area contributed by atoms with Crippen molar-refractivity contribution >= 4 is 16.8 Å². The number of carbonyl (C=O) groups excluding carboxylic acids is 1. The largest absolute Gasteiger partial charge is 0.309 e. The Morgan fingerprint density at radius 3 is 2.53 bits per heavy atom. The van der Waals surface area contributed by atoms with E-state index in [2.05, 4.69) is 0 Å². The van der Waals surface area contributed by atoms with Gasteiger partial charge in [0.15, 0.2) is 0 Å². The lowest BCUT2D eigenvalue weighted by atomic mass is 9.94. The molecular formula is C13H16ClNO2. The van der Waals surface area contributed by atoms with Gasteiger partial charge >= 0.3 is 0 Å². The van der Waals surface area contributed by atoms with Gasteiger partial charge in [0.1, 0.15) is 0 Å². The monoisotopic (exact) mass is 253 g/mol. The van der Waals surface area contributed by atoms with Crippen molar-refractivity contribution in [3.8, 4) is 0 Å². The van der Waals surface area contributed by atoms with Crippen LogP contribution in [0, 0.1) is 6.92 Å². The van der Waals surface area contributed by atoms with Gasteiger partial charge in [-0.2, -0.15) is 0 Å². The molecule has 4 heteroatoms. The third kappa shape index (κ3) is 2.44. The first-order chi connectivity index (χ1) is 8.11. The normalized spacial score (nSPS) is 17.1. The molecule has 1 aliphatic rings. The van der Waals surface area contributed by atoms with Gasteiger partial charge in [-0.25, -0.2) is 0 Å². The molecule has 17 heavy (non-hydrogen) atoms. The summed E-state index contributed by atoms with van der Waals surface area (Å²) in [6.07, 6.45) is 5.56. The summed E-state index contributed by atoms with van der Waals surface area (Å²) in [5.74, 6) is 0. The first-order valence-corrected chi connectivity index (χ1v) is 6.41. The molecule has 1 aliphatic carbocycles. The predicted octanol–water partition coefficient (Wildman–Crippen LogP) is 3.04. The van der Waals surface area contributed by atoms with Crippen LogP contribution in [0.1, 0.15) is 54.2 Å². The molecule has 92 valence electrons. The van der Waals surface area contributed by atoms with E-state index in [0.29, 0.717) is 0 Å². The van der Waals surface area contributed by atoms with Crippen molar-refractivity contribution in [2.24, 2.45) is 0 Å². The van der Waals surface area contributed by atoms with Crippen LogP contribution in [0.2, 0.25) is 0 Å². The van der Waals surface area contributed by atoms with Crippen molar-refractivity contribution < 1.29 is 4.79 Å². The van der Waals surface area contributed by atoms with Crippen LogP contribution < -0.4 is 5.56 Å². The third-order valence-electron chi connectivity index (χ3n) is 3.47. The van der Waals surface area contributed by atoms with Crippen LogP contribution in [0.25, 0.3) is 0 Å².